The molecule has 1 heterocycles. The lowest BCUT2D eigenvalue weighted by molar-refractivity contribution is -0.602. The minimum atomic E-state index is 0.199. The van der Waals surface area contributed by atoms with Crippen molar-refractivity contribution >= 4 is 0 Å². The molecule has 0 N–H and O–H groups in total. The number of imidazole rings is 1. The van der Waals surface area contributed by atoms with Crippen molar-refractivity contribution in [2.45, 2.75) is 79.1 Å². The maximum absolute atomic E-state index is 2.51. The molecule has 0 spiro atoms. The molecule has 266 valence electrons. The summed E-state index contributed by atoms with van der Waals surface area (Å²) in [6.45, 7) is 18.6. The summed E-state index contributed by atoms with van der Waals surface area (Å²) in [5.41, 5.74) is 18.3. The van der Waals surface area contributed by atoms with E-state index in [-0.39, 0.29) is 23.7 Å². The number of rotatable bonds is 10. The van der Waals surface area contributed by atoms with Gasteiger partial charge in [0.05, 0.1) is 0 Å². The smallest absolute Gasteiger partial charge is 0.199 e. The van der Waals surface area contributed by atoms with Crippen LogP contribution in [0.1, 0.15) is 118 Å². The topological polar surface area (TPSA) is 8.81 Å². The van der Waals surface area contributed by atoms with Crippen LogP contribution in [0.25, 0.3) is 11.4 Å². The molecule has 6 aromatic carbocycles. The Morgan fingerprint density at radius 3 is 1.06 bits per heavy atom. The van der Waals surface area contributed by atoms with Crippen molar-refractivity contribution in [3.63, 3.8) is 0 Å². The number of hydrogen-bond donors (Lipinski definition) is 0. The number of hydrogen-bond acceptors (Lipinski definition) is 0. The maximum Gasteiger partial charge on any atom is 0.254 e. The van der Waals surface area contributed by atoms with Crippen LogP contribution in [0.4, 0.5) is 0 Å². The summed E-state index contributed by atoms with van der Waals surface area (Å²) >= 11 is 0. The predicted molar refractivity (Wildman–Crippen MR) is 222 cm³/mol. The van der Waals surface area contributed by atoms with Gasteiger partial charge in [0.15, 0.2) is 0 Å². The number of benzene rings is 6. The van der Waals surface area contributed by atoms with Crippen molar-refractivity contribution in [1.29, 1.82) is 0 Å². The van der Waals surface area contributed by atoms with Gasteiger partial charge < -0.3 is 0 Å². The first-order valence-corrected chi connectivity index (χ1v) is 19.2. The van der Waals surface area contributed by atoms with E-state index >= 15 is 0 Å². The van der Waals surface area contributed by atoms with Gasteiger partial charge in [0, 0.05) is 59.8 Å². The summed E-state index contributed by atoms with van der Waals surface area (Å²) in [6, 6.07) is 53.6. The van der Waals surface area contributed by atoms with Crippen molar-refractivity contribution in [2.75, 3.05) is 0 Å². The first-order chi connectivity index (χ1) is 25.6. The quantitative estimate of drug-likeness (QED) is 0.126. The van der Waals surface area contributed by atoms with Crippen LogP contribution < -0.4 is 4.57 Å². The van der Waals surface area contributed by atoms with E-state index in [0.29, 0.717) is 0 Å². The van der Waals surface area contributed by atoms with Gasteiger partial charge in [-0.25, -0.2) is 0 Å². The molecule has 53 heavy (non-hydrogen) atoms. The maximum atomic E-state index is 2.51. The van der Waals surface area contributed by atoms with Gasteiger partial charge in [-0.15, -0.1) is 0 Å². The lowest BCUT2D eigenvalue weighted by Crippen LogP contribution is -2.36. The van der Waals surface area contributed by atoms with E-state index in [4.69, 9.17) is 0 Å². The molecule has 1 aromatic heterocycles. The van der Waals surface area contributed by atoms with Crippen molar-refractivity contribution < 1.29 is 4.57 Å². The lowest BCUT2D eigenvalue weighted by atomic mass is 9.84. The summed E-state index contributed by atoms with van der Waals surface area (Å²) in [5.74, 6) is 0.797. The van der Waals surface area contributed by atoms with Crippen molar-refractivity contribution in [3.05, 3.63) is 219 Å². The Labute approximate surface area is 317 Å². The Kier molecular flexibility index (Phi) is 10.3. The van der Waals surface area contributed by atoms with E-state index in [1.54, 1.807) is 0 Å². The highest BCUT2D eigenvalue weighted by Crippen LogP contribution is 2.40. The third-order valence-corrected chi connectivity index (χ3v) is 11.6. The van der Waals surface area contributed by atoms with E-state index in [1.165, 1.54) is 78.4 Å². The fourth-order valence-corrected chi connectivity index (χ4v) is 8.32. The minimum Gasteiger partial charge on any atom is -0.199 e. The normalized spacial score (nSPS) is 13.7. The first kappa shape index (κ1) is 35.9. The SMILES string of the molecule is Cc1cc([C@H](C)c2ccccc2)c(-n2c[n+](-c3c([C@H](C)c4ccccc4)cc(C)cc3[C@H](C)c3ccccc3)c(C)c2C)c([C@H](C)c2ccccc2)c1. The molecule has 0 unspecified atom stereocenters. The Balaban J connectivity index is 1.52. The Morgan fingerprint density at radius 1 is 0.415 bits per heavy atom. The lowest BCUT2D eigenvalue weighted by Gasteiger charge is -2.23. The summed E-state index contributed by atoms with van der Waals surface area (Å²) in [7, 11) is 0. The predicted octanol–water partition coefficient (Wildman–Crippen LogP) is 12.6. The molecule has 4 atom stereocenters. The molecule has 0 aliphatic rings. The average molecular weight is 694 g/mol. The van der Waals surface area contributed by atoms with Crippen molar-refractivity contribution in [2.24, 2.45) is 0 Å². The van der Waals surface area contributed by atoms with Gasteiger partial charge in [-0.3, -0.25) is 0 Å². The molecule has 0 aliphatic carbocycles. The summed E-state index contributed by atoms with van der Waals surface area (Å²) in [4.78, 5) is 0. The van der Waals surface area contributed by atoms with Crippen LogP contribution in [0.5, 0.6) is 0 Å². The molecule has 0 saturated carbocycles. The summed E-state index contributed by atoms with van der Waals surface area (Å²) in [5, 5.41) is 0. The fraction of sp³-hybridized carbons (Fsp3) is 0.235. The van der Waals surface area contributed by atoms with Crippen molar-refractivity contribution in [1.82, 2.24) is 4.57 Å². The summed E-state index contributed by atoms with van der Waals surface area (Å²) in [6.07, 6.45) is 2.39. The van der Waals surface area contributed by atoms with E-state index < -0.39 is 0 Å². The van der Waals surface area contributed by atoms with E-state index in [0.717, 1.165) is 0 Å². The highest BCUT2D eigenvalue weighted by molar-refractivity contribution is 5.59. The standard InChI is InChI=1S/C51H53N2/c1-34-29-46(36(3)42-21-13-9-14-22-42)50(47(30-34)37(4)43-23-15-10-16-24-43)52-33-53(41(8)40(52)7)51-48(38(5)44-25-17-11-18-26-44)31-35(2)32-49(51)39(6)45-27-19-12-20-28-45/h9-33,36-39H,1-8H3/q+1/t36-,37-,38-,39-/m1/s1. The second kappa shape index (κ2) is 15.2. The fourth-order valence-electron chi connectivity index (χ4n) is 8.32. The first-order valence-electron chi connectivity index (χ1n) is 19.2. The molecule has 2 nitrogen and oxygen atoms in total. The largest absolute Gasteiger partial charge is 0.254 e. The molecule has 0 bridgehead atoms. The van der Waals surface area contributed by atoms with Crippen LogP contribution in [0.2, 0.25) is 0 Å². The van der Waals surface area contributed by atoms with Gasteiger partial charge in [-0.05, 0) is 36.1 Å². The van der Waals surface area contributed by atoms with Crippen LogP contribution in [0.3, 0.4) is 0 Å². The van der Waals surface area contributed by atoms with Gasteiger partial charge >= 0.3 is 0 Å². The third kappa shape index (κ3) is 7.03. The zero-order chi connectivity index (χ0) is 37.2. The van der Waals surface area contributed by atoms with Gasteiger partial charge in [-0.2, -0.15) is 9.13 Å². The van der Waals surface area contributed by atoms with Gasteiger partial charge in [-0.1, -0.05) is 184 Å². The van der Waals surface area contributed by atoms with Crippen LogP contribution >= 0.6 is 0 Å². The van der Waals surface area contributed by atoms with Crippen LogP contribution in [0.15, 0.2) is 152 Å². The molecule has 0 fully saturated rings. The van der Waals surface area contributed by atoms with E-state index in [1.807, 2.05) is 0 Å². The molecule has 7 rings (SSSR count). The molecular weight excluding hydrogens is 641 g/mol. The highest BCUT2D eigenvalue weighted by atomic mass is 15.2. The molecule has 0 saturated heterocycles. The molecule has 0 amide bonds. The molecule has 0 aliphatic heterocycles. The van der Waals surface area contributed by atoms with Gasteiger partial charge in [0.1, 0.15) is 22.8 Å². The number of aryl methyl sites for hydroxylation is 2. The number of aromatic nitrogens is 2. The third-order valence-electron chi connectivity index (χ3n) is 11.6. The van der Waals surface area contributed by atoms with Gasteiger partial charge in [0.25, 0.3) is 6.33 Å². The Morgan fingerprint density at radius 2 is 0.717 bits per heavy atom. The van der Waals surface area contributed by atoms with E-state index in [9.17, 15) is 0 Å². The second-order valence-electron chi connectivity index (χ2n) is 15.1. The number of nitrogens with zero attached hydrogens (tertiary/aromatic N) is 2. The zero-order valence-electron chi connectivity index (χ0n) is 32.6. The Bertz CT molecular complexity index is 2020. The monoisotopic (exact) mass is 693 g/mol. The minimum absolute atomic E-state index is 0.199. The van der Waals surface area contributed by atoms with Crippen LogP contribution in [-0.2, 0) is 0 Å². The Hall–Kier alpha value is -5.47. The van der Waals surface area contributed by atoms with Crippen LogP contribution in [-0.4, -0.2) is 4.57 Å². The second-order valence-corrected chi connectivity index (χ2v) is 15.1. The highest BCUT2D eigenvalue weighted by Gasteiger charge is 2.32. The van der Waals surface area contributed by atoms with Crippen molar-refractivity contribution in [3.8, 4) is 11.4 Å². The summed E-state index contributed by atoms with van der Waals surface area (Å²) < 4.78 is 5.01. The molecular formula is C51H53N2+. The van der Waals surface area contributed by atoms with Crippen LogP contribution in [0, 0.1) is 27.7 Å². The molecule has 2 heteroatoms. The molecule has 0 radical (unpaired) electrons. The van der Waals surface area contributed by atoms with Gasteiger partial charge in [0.2, 0.25) is 0 Å². The zero-order valence-corrected chi connectivity index (χ0v) is 32.6. The average Bonchev–Trinajstić information content (AvgIpc) is 3.49. The van der Waals surface area contributed by atoms with E-state index in [2.05, 4.69) is 216 Å². The molecule has 7 aromatic rings.